The van der Waals surface area contributed by atoms with Gasteiger partial charge >= 0.3 is 5.97 Å². The summed E-state index contributed by atoms with van der Waals surface area (Å²) in [6.07, 6.45) is 8.40. The maximum Gasteiger partial charge on any atom is 0.303 e. The average Bonchev–Trinajstić information content (AvgIpc) is 2.22. The lowest BCUT2D eigenvalue weighted by molar-refractivity contribution is -0.137. The van der Waals surface area contributed by atoms with Gasteiger partial charge in [-0.1, -0.05) is 46.5 Å². The third-order valence-corrected chi connectivity index (χ3v) is 3.63. The van der Waals surface area contributed by atoms with Crippen LogP contribution in [0.2, 0.25) is 0 Å². The third kappa shape index (κ3) is 5.81. The molecule has 0 spiro atoms. The Kier molecular flexibility index (Phi) is 7.45. The summed E-state index contributed by atoms with van der Waals surface area (Å²) in [4.78, 5) is 10.4. The standard InChI is InChI=1S/C13H26O2/c1-4-10-13(5-2,6-3)11-8-7-9-12(14)15/h4-11H2,1-3H3,(H,14,15). The van der Waals surface area contributed by atoms with Crippen molar-refractivity contribution >= 4 is 5.97 Å². The molecule has 0 saturated heterocycles. The zero-order chi connectivity index (χ0) is 11.7. The Bertz CT molecular complexity index is 171. The lowest BCUT2D eigenvalue weighted by Crippen LogP contribution is -2.18. The van der Waals surface area contributed by atoms with E-state index in [0.29, 0.717) is 11.8 Å². The molecule has 0 bridgehead atoms. The minimum atomic E-state index is -0.663. The Balaban J connectivity index is 3.89. The molecule has 0 aromatic heterocycles. The van der Waals surface area contributed by atoms with Crippen LogP contribution < -0.4 is 0 Å². The van der Waals surface area contributed by atoms with E-state index in [1.165, 1.54) is 32.1 Å². The largest absolute Gasteiger partial charge is 0.481 e. The van der Waals surface area contributed by atoms with Gasteiger partial charge < -0.3 is 5.11 Å². The van der Waals surface area contributed by atoms with E-state index in [-0.39, 0.29) is 0 Å². The van der Waals surface area contributed by atoms with Crippen molar-refractivity contribution in [3.63, 3.8) is 0 Å². The first-order chi connectivity index (χ1) is 7.10. The molecule has 0 aromatic rings. The van der Waals surface area contributed by atoms with Gasteiger partial charge in [0, 0.05) is 6.42 Å². The van der Waals surface area contributed by atoms with Crippen molar-refractivity contribution in [2.75, 3.05) is 0 Å². The zero-order valence-corrected chi connectivity index (χ0v) is 10.5. The Labute approximate surface area is 94.1 Å². The van der Waals surface area contributed by atoms with Crippen molar-refractivity contribution in [3.05, 3.63) is 0 Å². The molecule has 0 amide bonds. The molecule has 0 aliphatic rings. The van der Waals surface area contributed by atoms with Gasteiger partial charge in [-0.05, 0) is 24.7 Å². The summed E-state index contributed by atoms with van der Waals surface area (Å²) in [5, 5.41) is 8.56. The summed E-state index contributed by atoms with van der Waals surface area (Å²) in [7, 11) is 0. The highest BCUT2D eigenvalue weighted by atomic mass is 16.4. The summed E-state index contributed by atoms with van der Waals surface area (Å²) in [6.45, 7) is 6.75. The number of carboxylic acid groups (broad SMARTS) is 1. The van der Waals surface area contributed by atoms with Crippen molar-refractivity contribution < 1.29 is 9.90 Å². The molecule has 0 saturated carbocycles. The van der Waals surface area contributed by atoms with Crippen molar-refractivity contribution in [2.24, 2.45) is 5.41 Å². The van der Waals surface area contributed by atoms with Gasteiger partial charge in [0.2, 0.25) is 0 Å². The monoisotopic (exact) mass is 214 g/mol. The lowest BCUT2D eigenvalue weighted by Gasteiger charge is -2.31. The minimum absolute atomic E-state index is 0.329. The van der Waals surface area contributed by atoms with Crippen molar-refractivity contribution in [1.82, 2.24) is 0 Å². The summed E-state index contributed by atoms with van der Waals surface area (Å²) >= 11 is 0. The normalized spacial score (nSPS) is 11.7. The molecule has 0 rings (SSSR count). The molecule has 1 N–H and O–H groups in total. The minimum Gasteiger partial charge on any atom is -0.481 e. The molecule has 0 aromatic carbocycles. The quantitative estimate of drug-likeness (QED) is 0.583. The number of aliphatic carboxylic acids is 1. The van der Waals surface area contributed by atoms with E-state index in [0.717, 1.165) is 12.8 Å². The van der Waals surface area contributed by atoms with Gasteiger partial charge in [0.1, 0.15) is 0 Å². The van der Waals surface area contributed by atoms with E-state index in [1.807, 2.05) is 0 Å². The summed E-state index contributed by atoms with van der Waals surface area (Å²) < 4.78 is 0. The van der Waals surface area contributed by atoms with Crippen LogP contribution >= 0.6 is 0 Å². The topological polar surface area (TPSA) is 37.3 Å². The van der Waals surface area contributed by atoms with E-state index < -0.39 is 5.97 Å². The molecular formula is C13H26O2. The predicted octanol–water partition coefficient (Wildman–Crippen LogP) is 4.24. The molecule has 0 heterocycles. The smallest absolute Gasteiger partial charge is 0.303 e. The van der Waals surface area contributed by atoms with E-state index in [9.17, 15) is 4.79 Å². The average molecular weight is 214 g/mol. The highest BCUT2D eigenvalue weighted by molar-refractivity contribution is 5.66. The van der Waals surface area contributed by atoms with E-state index in [1.54, 1.807) is 0 Å². The van der Waals surface area contributed by atoms with Crippen molar-refractivity contribution in [2.45, 2.75) is 72.1 Å². The van der Waals surface area contributed by atoms with Crippen LogP contribution in [0.1, 0.15) is 72.1 Å². The van der Waals surface area contributed by atoms with Gasteiger partial charge in [0.25, 0.3) is 0 Å². The highest BCUT2D eigenvalue weighted by Crippen LogP contribution is 2.37. The highest BCUT2D eigenvalue weighted by Gasteiger charge is 2.24. The summed E-state index contributed by atoms with van der Waals surface area (Å²) in [5.41, 5.74) is 0.479. The zero-order valence-electron chi connectivity index (χ0n) is 10.5. The second kappa shape index (κ2) is 7.72. The van der Waals surface area contributed by atoms with Gasteiger partial charge in [0.05, 0.1) is 0 Å². The first-order valence-corrected chi connectivity index (χ1v) is 6.32. The molecule has 0 radical (unpaired) electrons. The van der Waals surface area contributed by atoms with Crippen LogP contribution in [0.15, 0.2) is 0 Å². The number of carbonyl (C=O) groups is 1. The Morgan fingerprint density at radius 2 is 1.67 bits per heavy atom. The molecule has 2 heteroatoms. The van der Waals surface area contributed by atoms with Crippen LogP contribution in [0.4, 0.5) is 0 Å². The number of rotatable bonds is 9. The van der Waals surface area contributed by atoms with Crippen LogP contribution in [0.3, 0.4) is 0 Å². The second-order valence-corrected chi connectivity index (χ2v) is 4.56. The second-order valence-electron chi connectivity index (χ2n) is 4.56. The van der Waals surface area contributed by atoms with Crippen LogP contribution in [0.5, 0.6) is 0 Å². The first-order valence-electron chi connectivity index (χ1n) is 6.32. The maximum absolute atomic E-state index is 10.4. The molecule has 15 heavy (non-hydrogen) atoms. The summed E-state index contributed by atoms with van der Waals surface area (Å²) in [5.74, 6) is -0.663. The molecule has 0 atom stereocenters. The first kappa shape index (κ1) is 14.5. The fourth-order valence-corrected chi connectivity index (χ4v) is 2.39. The van der Waals surface area contributed by atoms with Gasteiger partial charge in [-0.15, -0.1) is 0 Å². The Morgan fingerprint density at radius 1 is 1.07 bits per heavy atom. The van der Waals surface area contributed by atoms with E-state index in [4.69, 9.17) is 5.11 Å². The van der Waals surface area contributed by atoms with Crippen LogP contribution in [0, 0.1) is 5.41 Å². The number of hydrogen-bond acceptors (Lipinski definition) is 1. The third-order valence-electron chi connectivity index (χ3n) is 3.63. The van der Waals surface area contributed by atoms with Gasteiger partial charge in [-0.3, -0.25) is 4.79 Å². The van der Waals surface area contributed by atoms with Gasteiger partial charge in [-0.2, -0.15) is 0 Å². The molecule has 0 aliphatic carbocycles. The van der Waals surface area contributed by atoms with E-state index in [2.05, 4.69) is 20.8 Å². The van der Waals surface area contributed by atoms with E-state index >= 15 is 0 Å². The van der Waals surface area contributed by atoms with Crippen molar-refractivity contribution in [1.29, 1.82) is 0 Å². The van der Waals surface area contributed by atoms with Crippen LogP contribution in [0.25, 0.3) is 0 Å². The SMILES string of the molecule is CCCC(CC)(CC)CCCCC(=O)O. The molecular weight excluding hydrogens is 188 g/mol. The number of hydrogen-bond donors (Lipinski definition) is 1. The van der Waals surface area contributed by atoms with Crippen LogP contribution in [-0.2, 0) is 4.79 Å². The Hall–Kier alpha value is -0.530. The molecule has 0 aliphatic heterocycles. The van der Waals surface area contributed by atoms with Crippen LogP contribution in [-0.4, -0.2) is 11.1 Å². The van der Waals surface area contributed by atoms with Gasteiger partial charge in [0.15, 0.2) is 0 Å². The number of carboxylic acids is 1. The lowest BCUT2D eigenvalue weighted by atomic mass is 9.74. The van der Waals surface area contributed by atoms with Crippen molar-refractivity contribution in [3.8, 4) is 0 Å². The van der Waals surface area contributed by atoms with Gasteiger partial charge in [-0.25, -0.2) is 0 Å². The summed E-state index contributed by atoms with van der Waals surface area (Å²) in [6, 6.07) is 0. The Morgan fingerprint density at radius 3 is 2.07 bits per heavy atom. The fourth-order valence-electron chi connectivity index (χ4n) is 2.39. The molecule has 0 unspecified atom stereocenters. The predicted molar refractivity (Wildman–Crippen MR) is 64.0 cm³/mol. The number of unbranched alkanes of at least 4 members (excludes halogenated alkanes) is 1. The molecule has 90 valence electrons. The maximum atomic E-state index is 10.4. The fraction of sp³-hybridized carbons (Fsp3) is 0.923. The molecule has 2 nitrogen and oxygen atoms in total. The molecule has 0 fully saturated rings.